The third kappa shape index (κ3) is 3.54. The molecule has 6 heteroatoms. The summed E-state index contributed by atoms with van der Waals surface area (Å²) in [6.45, 7) is 0. The molecule has 21 heavy (non-hydrogen) atoms. The number of halogens is 3. The van der Waals surface area contributed by atoms with Gasteiger partial charge in [0, 0.05) is 6.08 Å². The molecule has 0 fully saturated rings. The molecule has 3 N–H and O–H groups in total. The van der Waals surface area contributed by atoms with Gasteiger partial charge in [0.05, 0.1) is 15.7 Å². The maximum absolute atomic E-state index is 13.0. The molecule has 0 saturated carbocycles. The van der Waals surface area contributed by atoms with E-state index in [0.29, 0.717) is 16.7 Å². The van der Waals surface area contributed by atoms with Gasteiger partial charge in [0.15, 0.2) is 0 Å². The fourth-order valence-electron chi connectivity index (χ4n) is 1.83. The third-order valence-corrected chi connectivity index (χ3v) is 3.44. The second-order valence-electron chi connectivity index (χ2n) is 4.26. The zero-order chi connectivity index (χ0) is 15.6. The Morgan fingerprint density at radius 1 is 1.10 bits per heavy atom. The number of carboxylic acids is 1. The standard InChI is InChI=1S/C15H10Cl2FNO2/c16-12-5-9(6-13(17)15(12)19)11(7-14(20)21)8-1-3-10(18)4-2-8/h1-7H,19H2,(H,20,21). The Morgan fingerprint density at radius 2 is 1.62 bits per heavy atom. The molecule has 0 saturated heterocycles. The topological polar surface area (TPSA) is 63.3 Å². The highest BCUT2D eigenvalue weighted by Gasteiger charge is 2.12. The van der Waals surface area contributed by atoms with E-state index >= 15 is 0 Å². The van der Waals surface area contributed by atoms with E-state index in [1.165, 1.54) is 36.4 Å². The molecule has 0 aromatic heterocycles. The first-order chi connectivity index (χ1) is 9.88. The van der Waals surface area contributed by atoms with Gasteiger partial charge in [-0.05, 0) is 41.0 Å². The van der Waals surface area contributed by atoms with E-state index in [9.17, 15) is 9.18 Å². The van der Waals surface area contributed by atoms with Crippen LogP contribution in [0.2, 0.25) is 10.0 Å². The number of nitrogen functional groups attached to an aromatic ring is 1. The molecule has 0 aliphatic heterocycles. The first-order valence-corrected chi connectivity index (χ1v) is 6.59. The molecule has 108 valence electrons. The van der Waals surface area contributed by atoms with Crippen molar-refractivity contribution < 1.29 is 14.3 Å². The van der Waals surface area contributed by atoms with Crippen molar-refractivity contribution in [2.24, 2.45) is 0 Å². The van der Waals surface area contributed by atoms with E-state index < -0.39 is 11.8 Å². The van der Waals surface area contributed by atoms with Crippen LogP contribution in [0, 0.1) is 5.82 Å². The van der Waals surface area contributed by atoms with Gasteiger partial charge in [0.1, 0.15) is 5.82 Å². The maximum atomic E-state index is 13.0. The Kier molecular flexibility index (Phi) is 4.50. The lowest BCUT2D eigenvalue weighted by molar-refractivity contribution is -0.131. The minimum atomic E-state index is -1.14. The van der Waals surface area contributed by atoms with Gasteiger partial charge in [-0.2, -0.15) is 0 Å². The summed E-state index contributed by atoms with van der Waals surface area (Å²) in [5.41, 5.74) is 7.24. The van der Waals surface area contributed by atoms with Crippen LogP contribution in [0.5, 0.6) is 0 Å². The zero-order valence-corrected chi connectivity index (χ0v) is 12.1. The lowest BCUT2D eigenvalue weighted by Gasteiger charge is -2.11. The van der Waals surface area contributed by atoms with Crippen LogP contribution in [0.4, 0.5) is 10.1 Å². The van der Waals surface area contributed by atoms with Crippen LogP contribution >= 0.6 is 23.2 Å². The normalized spacial score (nSPS) is 11.5. The highest BCUT2D eigenvalue weighted by Crippen LogP contribution is 2.34. The van der Waals surface area contributed by atoms with Gasteiger partial charge in [-0.1, -0.05) is 35.3 Å². The minimum Gasteiger partial charge on any atom is -0.478 e. The fourth-order valence-corrected chi connectivity index (χ4v) is 2.31. The lowest BCUT2D eigenvalue weighted by atomic mass is 9.97. The van der Waals surface area contributed by atoms with Crippen molar-refractivity contribution in [3.63, 3.8) is 0 Å². The molecule has 0 unspecified atom stereocenters. The number of rotatable bonds is 3. The summed E-state index contributed by atoms with van der Waals surface area (Å²) in [5, 5.41) is 9.45. The van der Waals surface area contributed by atoms with Crippen molar-refractivity contribution in [3.8, 4) is 0 Å². The molecule has 0 heterocycles. The van der Waals surface area contributed by atoms with Gasteiger partial charge in [-0.25, -0.2) is 9.18 Å². The Labute approximate surface area is 130 Å². The average molecular weight is 326 g/mol. The number of carboxylic acid groups (broad SMARTS) is 1. The molecule has 0 radical (unpaired) electrons. The van der Waals surface area contributed by atoms with Crippen molar-refractivity contribution in [2.75, 3.05) is 5.73 Å². The highest BCUT2D eigenvalue weighted by molar-refractivity contribution is 6.39. The number of carbonyl (C=O) groups is 1. The molecule has 3 nitrogen and oxygen atoms in total. The fraction of sp³-hybridized carbons (Fsp3) is 0. The Bertz CT molecular complexity index is 704. The largest absolute Gasteiger partial charge is 0.478 e. The molecule has 0 bridgehead atoms. The van der Waals surface area contributed by atoms with Gasteiger partial charge >= 0.3 is 5.97 Å². The van der Waals surface area contributed by atoms with Gasteiger partial charge < -0.3 is 10.8 Å². The summed E-state index contributed by atoms with van der Waals surface area (Å²) in [4.78, 5) is 11.0. The van der Waals surface area contributed by atoms with Crippen LogP contribution in [-0.4, -0.2) is 11.1 Å². The Balaban J connectivity index is 2.62. The molecular weight excluding hydrogens is 316 g/mol. The molecule has 2 aromatic carbocycles. The summed E-state index contributed by atoms with van der Waals surface area (Å²) in [7, 11) is 0. The van der Waals surface area contributed by atoms with Gasteiger partial charge in [0.25, 0.3) is 0 Å². The van der Waals surface area contributed by atoms with E-state index in [0.717, 1.165) is 6.08 Å². The first kappa shape index (κ1) is 15.4. The van der Waals surface area contributed by atoms with Crippen LogP contribution in [-0.2, 0) is 4.79 Å². The SMILES string of the molecule is Nc1c(Cl)cc(C(=CC(=O)O)c2ccc(F)cc2)cc1Cl. The molecule has 0 atom stereocenters. The molecule has 2 rings (SSSR count). The van der Waals surface area contributed by atoms with Crippen molar-refractivity contribution in [3.05, 3.63) is 69.5 Å². The van der Waals surface area contributed by atoms with Crippen molar-refractivity contribution >= 4 is 40.4 Å². The summed E-state index contributed by atoms with van der Waals surface area (Å²) in [6, 6.07) is 8.46. The van der Waals surface area contributed by atoms with Crippen LogP contribution < -0.4 is 5.73 Å². The minimum absolute atomic E-state index is 0.218. The van der Waals surface area contributed by atoms with E-state index in [-0.39, 0.29) is 15.7 Å². The second-order valence-corrected chi connectivity index (χ2v) is 5.07. The monoisotopic (exact) mass is 325 g/mol. The predicted molar refractivity (Wildman–Crippen MR) is 82.0 cm³/mol. The number of aliphatic carboxylic acids is 1. The number of nitrogens with two attached hydrogens (primary N) is 1. The van der Waals surface area contributed by atoms with E-state index in [2.05, 4.69) is 0 Å². The smallest absolute Gasteiger partial charge is 0.328 e. The summed E-state index contributed by atoms with van der Waals surface area (Å²) in [6.07, 6.45) is 1.01. The van der Waals surface area contributed by atoms with Gasteiger partial charge in [-0.15, -0.1) is 0 Å². The lowest BCUT2D eigenvalue weighted by Crippen LogP contribution is -1.97. The summed E-state index contributed by atoms with van der Waals surface area (Å²) in [5.74, 6) is -1.56. The molecule has 2 aromatic rings. The molecule has 0 aliphatic carbocycles. The van der Waals surface area contributed by atoms with E-state index in [1.807, 2.05) is 0 Å². The Hall–Kier alpha value is -2.04. The van der Waals surface area contributed by atoms with Crippen LogP contribution in [0.25, 0.3) is 5.57 Å². The number of hydrogen-bond donors (Lipinski definition) is 2. The van der Waals surface area contributed by atoms with E-state index in [4.69, 9.17) is 34.0 Å². The van der Waals surface area contributed by atoms with E-state index in [1.54, 1.807) is 0 Å². The Morgan fingerprint density at radius 3 is 2.10 bits per heavy atom. The molecule has 0 amide bonds. The van der Waals surface area contributed by atoms with Crippen molar-refractivity contribution in [2.45, 2.75) is 0 Å². The predicted octanol–water partition coefficient (Wildman–Crippen LogP) is 4.23. The number of hydrogen-bond acceptors (Lipinski definition) is 2. The third-order valence-electron chi connectivity index (χ3n) is 2.81. The molecular formula is C15H10Cl2FNO2. The molecule has 0 spiro atoms. The maximum Gasteiger partial charge on any atom is 0.328 e. The highest BCUT2D eigenvalue weighted by atomic mass is 35.5. The summed E-state index contributed by atoms with van der Waals surface area (Å²) < 4.78 is 13.0. The van der Waals surface area contributed by atoms with Crippen LogP contribution in [0.1, 0.15) is 11.1 Å². The number of anilines is 1. The quantitative estimate of drug-likeness (QED) is 0.655. The van der Waals surface area contributed by atoms with Crippen LogP contribution in [0.3, 0.4) is 0 Å². The van der Waals surface area contributed by atoms with Crippen molar-refractivity contribution in [1.82, 2.24) is 0 Å². The van der Waals surface area contributed by atoms with Gasteiger partial charge in [0.2, 0.25) is 0 Å². The summed E-state index contributed by atoms with van der Waals surface area (Å²) >= 11 is 11.9. The molecule has 0 aliphatic rings. The van der Waals surface area contributed by atoms with Crippen molar-refractivity contribution in [1.29, 1.82) is 0 Å². The zero-order valence-electron chi connectivity index (χ0n) is 10.6. The van der Waals surface area contributed by atoms with Crippen LogP contribution in [0.15, 0.2) is 42.5 Å². The first-order valence-electron chi connectivity index (χ1n) is 5.84. The van der Waals surface area contributed by atoms with Gasteiger partial charge in [-0.3, -0.25) is 0 Å². The number of benzene rings is 2. The average Bonchev–Trinajstić information content (AvgIpc) is 2.42. The second kappa shape index (κ2) is 6.16.